The predicted molar refractivity (Wildman–Crippen MR) is 149 cm³/mol. The Balaban J connectivity index is 5.26. The molecule has 0 spiro atoms. The topological polar surface area (TPSA) is 49.4 Å². The van der Waals surface area contributed by atoms with Crippen LogP contribution < -0.4 is 0 Å². The Hall–Kier alpha value is 0.620. The van der Waals surface area contributed by atoms with Gasteiger partial charge < -0.3 is 0 Å². The van der Waals surface area contributed by atoms with Crippen molar-refractivity contribution in [3.63, 3.8) is 0 Å². The predicted octanol–water partition coefficient (Wildman–Crippen LogP) is 7.31. The minimum absolute atomic E-state index is 0.298. The van der Waals surface area contributed by atoms with Crippen LogP contribution in [0.1, 0.15) is 93.9 Å². The van der Waals surface area contributed by atoms with E-state index in [0.717, 1.165) is 103 Å². The van der Waals surface area contributed by atoms with Crippen molar-refractivity contribution in [3.05, 3.63) is 0 Å². The van der Waals surface area contributed by atoms with E-state index in [4.69, 9.17) is 22.9 Å². The molecule has 0 aliphatic rings. The molecule has 0 N–H and O–H groups in total. The molecule has 33 heavy (non-hydrogen) atoms. The fraction of sp³-hybridized carbons (Fsp3) is 1.00. The zero-order valence-electron chi connectivity index (χ0n) is 23.4. The zero-order chi connectivity index (χ0) is 25.0. The SMILES string of the molecule is CCCON(CC[PH](CC)(OCCC)OCCC)C(C)CC[PH](CC)(OCCC)OCCC. The Morgan fingerprint density at radius 3 is 1.33 bits per heavy atom. The maximum atomic E-state index is 6.39. The molecule has 1 atom stereocenters. The van der Waals surface area contributed by atoms with Crippen molar-refractivity contribution in [1.29, 1.82) is 0 Å². The first kappa shape index (κ1) is 33.6. The standard InChI is InChI=1S/C25H59NO5P2/c1-9-18-27-26(17-24-33(15-7,30-21-12-4)31-22-13-5)25(8)16-23-32(14-6,28-19-10-2)29-20-11-3/h25,32-33H,9-24H2,1-8H3. The average molecular weight is 516 g/mol. The summed E-state index contributed by atoms with van der Waals surface area (Å²) in [7, 11) is -4.40. The summed E-state index contributed by atoms with van der Waals surface area (Å²) >= 11 is 0. The maximum absolute atomic E-state index is 6.39. The van der Waals surface area contributed by atoms with E-state index in [1.165, 1.54) is 0 Å². The molecule has 0 fully saturated rings. The van der Waals surface area contributed by atoms with Crippen LogP contribution in [0.2, 0.25) is 0 Å². The Kier molecular flexibility index (Phi) is 21.2. The van der Waals surface area contributed by atoms with Gasteiger partial charge in [0.1, 0.15) is 0 Å². The van der Waals surface area contributed by atoms with E-state index in [2.05, 4.69) is 60.5 Å². The minimum atomic E-state index is -2.22. The van der Waals surface area contributed by atoms with Crippen molar-refractivity contribution in [2.24, 2.45) is 0 Å². The number of hydrogen-bond donors (Lipinski definition) is 0. The van der Waals surface area contributed by atoms with Crippen molar-refractivity contribution in [3.8, 4) is 0 Å². The summed E-state index contributed by atoms with van der Waals surface area (Å²) in [5.41, 5.74) is 0. The molecule has 0 aromatic rings. The number of rotatable bonds is 24. The number of hydroxylamine groups is 2. The molecule has 0 aliphatic heterocycles. The second-order valence-electron chi connectivity index (χ2n) is 9.03. The second-order valence-corrected chi connectivity index (χ2v) is 16.2. The van der Waals surface area contributed by atoms with Crippen molar-refractivity contribution in [1.82, 2.24) is 5.06 Å². The van der Waals surface area contributed by atoms with E-state index in [0.29, 0.717) is 6.04 Å². The molecule has 0 bridgehead atoms. The van der Waals surface area contributed by atoms with Gasteiger partial charge in [-0.05, 0) is 0 Å². The van der Waals surface area contributed by atoms with Crippen LogP contribution in [-0.4, -0.2) is 75.3 Å². The van der Waals surface area contributed by atoms with E-state index >= 15 is 0 Å². The van der Waals surface area contributed by atoms with Crippen LogP contribution in [0.3, 0.4) is 0 Å². The summed E-state index contributed by atoms with van der Waals surface area (Å²) in [6.07, 6.45) is 10.1. The molecule has 0 amide bonds. The number of nitrogens with zero attached hydrogens (tertiary/aromatic N) is 1. The van der Waals surface area contributed by atoms with Crippen molar-refractivity contribution >= 4 is 15.4 Å². The van der Waals surface area contributed by atoms with Gasteiger partial charge in [-0.1, -0.05) is 0 Å². The number of hydrogen-bond acceptors (Lipinski definition) is 6. The third kappa shape index (κ3) is 14.1. The third-order valence-corrected chi connectivity index (χ3v) is 13.1. The Morgan fingerprint density at radius 1 is 0.576 bits per heavy atom. The van der Waals surface area contributed by atoms with E-state index in [1.807, 2.05) is 0 Å². The quantitative estimate of drug-likeness (QED) is 0.0992. The van der Waals surface area contributed by atoms with E-state index in [9.17, 15) is 0 Å². The van der Waals surface area contributed by atoms with Gasteiger partial charge in [0.15, 0.2) is 0 Å². The monoisotopic (exact) mass is 515 g/mol. The van der Waals surface area contributed by atoms with Crippen molar-refractivity contribution in [2.45, 2.75) is 100.0 Å². The molecule has 0 aromatic heterocycles. The summed E-state index contributed by atoms with van der Waals surface area (Å²) in [5.74, 6) is 0. The summed E-state index contributed by atoms with van der Waals surface area (Å²) in [6, 6.07) is 0.298. The van der Waals surface area contributed by atoms with Gasteiger partial charge in [0, 0.05) is 0 Å². The van der Waals surface area contributed by atoms with Crippen LogP contribution in [0.5, 0.6) is 0 Å². The van der Waals surface area contributed by atoms with Crippen LogP contribution in [0.4, 0.5) is 0 Å². The molecular weight excluding hydrogens is 456 g/mol. The van der Waals surface area contributed by atoms with Crippen molar-refractivity contribution in [2.75, 3.05) is 64.2 Å². The van der Waals surface area contributed by atoms with Gasteiger partial charge >= 0.3 is 208 Å². The molecule has 0 aliphatic carbocycles. The van der Waals surface area contributed by atoms with Gasteiger partial charge in [0.2, 0.25) is 0 Å². The summed E-state index contributed by atoms with van der Waals surface area (Å²) in [5, 5.41) is 2.19. The third-order valence-electron chi connectivity index (χ3n) is 5.96. The first-order valence-corrected chi connectivity index (χ1v) is 18.3. The molecular formula is C25H59NO5P2. The summed E-state index contributed by atoms with van der Waals surface area (Å²) in [4.78, 5) is 6.24. The first-order chi connectivity index (χ1) is 15.9. The molecule has 0 rings (SSSR count). The molecule has 6 nitrogen and oxygen atoms in total. The molecule has 0 radical (unpaired) electrons. The van der Waals surface area contributed by atoms with Gasteiger partial charge in [0.05, 0.1) is 0 Å². The van der Waals surface area contributed by atoms with Gasteiger partial charge in [-0.2, -0.15) is 0 Å². The summed E-state index contributed by atoms with van der Waals surface area (Å²) < 4.78 is 25.5. The van der Waals surface area contributed by atoms with Crippen LogP contribution in [-0.2, 0) is 22.9 Å². The first-order valence-electron chi connectivity index (χ1n) is 13.9. The molecule has 0 saturated carbocycles. The molecule has 0 saturated heterocycles. The van der Waals surface area contributed by atoms with Crippen LogP contribution >= 0.6 is 15.4 Å². The van der Waals surface area contributed by atoms with E-state index in [-0.39, 0.29) is 0 Å². The fourth-order valence-corrected chi connectivity index (χ4v) is 9.75. The van der Waals surface area contributed by atoms with Gasteiger partial charge in [-0.25, -0.2) is 0 Å². The molecule has 1 unspecified atom stereocenters. The van der Waals surface area contributed by atoms with Crippen LogP contribution in [0.15, 0.2) is 0 Å². The Labute approximate surface area is 207 Å². The second kappa shape index (κ2) is 20.8. The van der Waals surface area contributed by atoms with Gasteiger partial charge in [-0.15, -0.1) is 0 Å². The van der Waals surface area contributed by atoms with Gasteiger partial charge in [-0.3, -0.25) is 0 Å². The normalized spacial score (nSPS) is 14.7. The van der Waals surface area contributed by atoms with Gasteiger partial charge in [0.25, 0.3) is 0 Å². The van der Waals surface area contributed by atoms with Crippen molar-refractivity contribution < 1.29 is 22.9 Å². The molecule has 204 valence electrons. The Bertz CT molecular complexity index is 429. The Morgan fingerprint density at radius 2 is 0.970 bits per heavy atom. The average Bonchev–Trinajstić information content (AvgIpc) is 2.85. The summed E-state index contributed by atoms with van der Waals surface area (Å²) in [6.45, 7) is 22.3. The molecule has 0 aromatic carbocycles. The van der Waals surface area contributed by atoms with E-state index < -0.39 is 15.4 Å². The van der Waals surface area contributed by atoms with Crippen LogP contribution in [0.25, 0.3) is 0 Å². The fourth-order valence-electron chi connectivity index (χ4n) is 3.76. The van der Waals surface area contributed by atoms with E-state index in [1.54, 1.807) is 0 Å². The van der Waals surface area contributed by atoms with Crippen LogP contribution in [0, 0.1) is 0 Å². The zero-order valence-corrected chi connectivity index (χ0v) is 25.4. The molecule has 0 heterocycles. The molecule has 8 heteroatoms.